The molecule has 0 aliphatic carbocycles. The van der Waals surface area contributed by atoms with Crippen molar-refractivity contribution in [1.29, 1.82) is 0 Å². The molecule has 1 amide bonds. The lowest BCUT2D eigenvalue weighted by Crippen LogP contribution is -2.42. The molecule has 0 aromatic heterocycles. The second-order valence-electron chi connectivity index (χ2n) is 5.47. The molecule has 1 aromatic carbocycles. The zero-order valence-electron chi connectivity index (χ0n) is 12.7. The van der Waals surface area contributed by atoms with Crippen LogP contribution in [-0.4, -0.2) is 49.1 Å². The van der Waals surface area contributed by atoms with Gasteiger partial charge in [0.05, 0.1) is 22.1 Å². The normalized spacial score (nSPS) is 18.7. The molecule has 0 radical (unpaired) electrons. The molecule has 0 bridgehead atoms. The second kappa shape index (κ2) is 6.66. The number of piperidine rings is 1. The largest absolute Gasteiger partial charge is 0.481 e. The van der Waals surface area contributed by atoms with Gasteiger partial charge in [0.2, 0.25) is 0 Å². The van der Waals surface area contributed by atoms with Crippen LogP contribution in [0.3, 0.4) is 0 Å². The molecule has 0 saturated carbocycles. The van der Waals surface area contributed by atoms with Gasteiger partial charge >= 0.3 is 5.97 Å². The summed E-state index contributed by atoms with van der Waals surface area (Å²) >= 11 is 0. The second-order valence-corrected chi connectivity index (χ2v) is 7.75. The molecular formula is C15H18FNO5S. The number of hydrogen-bond donors (Lipinski definition) is 1. The molecule has 1 aliphatic heterocycles. The molecule has 126 valence electrons. The van der Waals surface area contributed by atoms with E-state index in [2.05, 4.69) is 0 Å². The minimum atomic E-state index is -3.56. The van der Waals surface area contributed by atoms with Gasteiger partial charge < -0.3 is 10.0 Å². The van der Waals surface area contributed by atoms with E-state index in [9.17, 15) is 22.4 Å². The van der Waals surface area contributed by atoms with E-state index >= 15 is 0 Å². The highest BCUT2D eigenvalue weighted by molar-refractivity contribution is 7.91. The molecule has 8 heteroatoms. The van der Waals surface area contributed by atoms with E-state index in [0.29, 0.717) is 19.4 Å². The number of aliphatic carboxylic acids is 1. The van der Waals surface area contributed by atoms with Gasteiger partial charge in [0.1, 0.15) is 5.82 Å². The van der Waals surface area contributed by atoms with Crippen LogP contribution in [0.1, 0.15) is 30.1 Å². The van der Waals surface area contributed by atoms with Crippen LogP contribution in [-0.2, 0) is 14.6 Å². The Morgan fingerprint density at radius 1 is 1.39 bits per heavy atom. The predicted molar refractivity (Wildman–Crippen MR) is 80.4 cm³/mol. The molecular weight excluding hydrogens is 325 g/mol. The fourth-order valence-electron chi connectivity index (χ4n) is 2.56. The van der Waals surface area contributed by atoms with Crippen molar-refractivity contribution in [3.63, 3.8) is 0 Å². The Hall–Kier alpha value is -1.96. The first-order valence-corrected chi connectivity index (χ1v) is 8.96. The highest BCUT2D eigenvalue weighted by Gasteiger charge is 2.30. The molecule has 1 aliphatic rings. The third-order valence-corrected chi connectivity index (χ3v) is 5.70. The molecule has 1 heterocycles. The Labute approximate surface area is 133 Å². The average molecular weight is 343 g/mol. The first-order valence-electron chi connectivity index (χ1n) is 7.30. The maximum atomic E-state index is 14.0. The van der Waals surface area contributed by atoms with Crippen LogP contribution in [0.4, 0.5) is 4.39 Å². The van der Waals surface area contributed by atoms with Gasteiger partial charge in [-0.3, -0.25) is 9.59 Å². The van der Waals surface area contributed by atoms with E-state index in [1.54, 1.807) is 0 Å². The van der Waals surface area contributed by atoms with Crippen molar-refractivity contribution in [2.75, 3.05) is 18.8 Å². The number of benzene rings is 1. The van der Waals surface area contributed by atoms with Gasteiger partial charge in [0, 0.05) is 13.1 Å². The van der Waals surface area contributed by atoms with Gasteiger partial charge in [-0.05, 0) is 31.0 Å². The molecule has 1 atom stereocenters. The van der Waals surface area contributed by atoms with Crippen molar-refractivity contribution in [2.24, 2.45) is 5.92 Å². The van der Waals surface area contributed by atoms with Crippen LogP contribution in [0.2, 0.25) is 0 Å². The molecule has 1 aromatic rings. The fourth-order valence-corrected chi connectivity index (χ4v) is 3.47. The van der Waals surface area contributed by atoms with E-state index in [-0.39, 0.29) is 22.8 Å². The van der Waals surface area contributed by atoms with Crippen molar-refractivity contribution in [2.45, 2.75) is 24.7 Å². The van der Waals surface area contributed by atoms with Gasteiger partial charge in [0.15, 0.2) is 9.84 Å². The Morgan fingerprint density at radius 2 is 2.09 bits per heavy atom. The topological polar surface area (TPSA) is 91.8 Å². The van der Waals surface area contributed by atoms with E-state index in [4.69, 9.17) is 5.11 Å². The first kappa shape index (κ1) is 17.4. The summed E-state index contributed by atoms with van der Waals surface area (Å²) in [5.74, 6) is -3.33. The highest BCUT2D eigenvalue weighted by Crippen LogP contribution is 2.22. The van der Waals surface area contributed by atoms with Crippen LogP contribution in [0.25, 0.3) is 0 Å². The monoisotopic (exact) mass is 343 g/mol. The summed E-state index contributed by atoms with van der Waals surface area (Å²) in [5, 5.41) is 9.05. The summed E-state index contributed by atoms with van der Waals surface area (Å²) < 4.78 is 37.7. The lowest BCUT2D eigenvalue weighted by Gasteiger charge is -2.30. The van der Waals surface area contributed by atoms with Crippen molar-refractivity contribution < 1.29 is 27.5 Å². The standard InChI is InChI=1S/C15H18FNO5S/c1-2-23(21,22)11-5-6-13(16)12(8-11)14(18)17-7-3-4-10(9-17)15(19)20/h5-6,8,10H,2-4,7,9H2,1H3,(H,19,20). The lowest BCUT2D eigenvalue weighted by molar-refractivity contribution is -0.143. The Morgan fingerprint density at radius 3 is 2.70 bits per heavy atom. The summed E-state index contributed by atoms with van der Waals surface area (Å²) in [5.41, 5.74) is -0.342. The Bertz CT molecular complexity index is 731. The molecule has 2 rings (SSSR count). The number of hydrogen-bond acceptors (Lipinski definition) is 4. The third kappa shape index (κ3) is 3.69. The smallest absolute Gasteiger partial charge is 0.308 e. The summed E-state index contributed by atoms with van der Waals surface area (Å²) in [6, 6.07) is 3.11. The summed E-state index contributed by atoms with van der Waals surface area (Å²) in [6.45, 7) is 1.79. The Kier molecular flexibility index (Phi) is 5.03. The van der Waals surface area contributed by atoms with Crippen molar-refractivity contribution in [3.8, 4) is 0 Å². The predicted octanol–water partition coefficient (Wildman–Crippen LogP) is 1.56. The maximum Gasteiger partial charge on any atom is 0.308 e. The number of carboxylic acids is 1. The van der Waals surface area contributed by atoms with Crippen LogP contribution >= 0.6 is 0 Å². The van der Waals surface area contributed by atoms with E-state index < -0.39 is 33.4 Å². The third-order valence-electron chi connectivity index (χ3n) is 3.97. The van der Waals surface area contributed by atoms with E-state index in [0.717, 1.165) is 18.2 Å². The number of rotatable bonds is 4. The first-order chi connectivity index (χ1) is 10.8. The SMILES string of the molecule is CCS(=O)(=O)c1ccc(F)c(C(=O)N2CCCC(C(=O)O)C2)c1. The van der Waals surface area contributed by atoms with Gasteiger partial charge in [0.25, 0.3) is 5.91 Å². The van der Waals surface area contributed by atoms with Gasteiger partial charge in [-0.2, -0.15) is 0 Å². The molecule has 1 N–H and O–H groups in total. The number of amides is 1. The van der Waals surface area contributed by atoms with Crippen molar-refractivity contribution in [3.05, 3.63) is 29.6 Å². The highest BCUT2D eigenvalue weighted by atomic mass is 32.2. The fraction of sp³-hybridized carbons (Fsp3) is 0.467. The minimum absolute atomic E-state index is 0.00162. The molecule has 1 saturated heterocycles. The number of carbonyl (C=O) groups is 2. The average Bonchev–Trinajstić information content (AvgIpc) is 2.54. The summed E-state index contributed by atoms with van der Waals surface area (Å²) in [6.07, 6.45) is 0.975. The Balaban J connectivity index is 2.32. The molecule has 23 heavy (non-hydrogen) atoms. The number of carboxylic acid groups (broad SMARTS) is 1. The number of nitrogens with zero attached hydrogens (tertiary/aromatic N) is 1. The number of carbonyl (C=O) groups excluding carboxylic acids is 1. The molecule has 6 nitrogen and oxygen atoms in total. The maximum absolute atomic E-state index is 14.0. The lowest BCUT2D eigenvalue weighted by atomic mass is 9.97. The van der Waals surface area contributed by atoms with Crippen molar-refractivity contribution >= 4 is 21.7 Å². The van der Waals surface area contributed by atoms with Gasteiger partial charge in [-0.1, -0.05) is 6.92 Å². The number of halogens is 1. The number of sulfone groups is 1. The van der Waals surface area contributed by atoms with Gasteiger partial charge in [-0.15, -0.1) is 0 Å². The quantitative estimate of drug-likeness (QED) is 0.838. The summed E-state index contributed by atoms with van der Waals surface area (Å²) in [4.78, 5) is 24.7. The van der Waals surface area contributed by atoms with Crippen LogP contribution in [0.5, 0.6) is 0 Å². The van der Waals surface area contributed by atoms with Crippen LogP contribution in [0, 0.1) is 11.7 Å². The van der Waals surface area contributed by atoms with Crippen LogP contribution < -0.4 is 0 Å². The van der Waals surface area contributed by atoms with E-state index in [1.807, 2.05) is 0 Å². The van der Waals surface area contributed by atoms with Crippen LogP contribution in [0.15, 0.2) is 23.1 Å². The van der Waals surface area contributed by atoms with E-state index in [1.165, 1.54) is 11.8 Å². The zero-order valence-corrected chi connectivity index (χ0v) is 13.5. The summed E-state index contributed by atoms with van der Waals surface area (Å²) in [7, 11) is -3.56. The number of likely N-dealkylation sites (tertiary alicyclic amines) is 1. The molecule has 1 unspecified atom stereocenters. The molecule has 1 fully saturated rings. The van der Waals surface area contributed by atoms with Gasteiger partial charge in [-0.25, -0.2) is 12.8 Å². The molecule has 0 spiro atoms. The van der Waals surface area contributed by atoms with Crippen molar-refractivity contribution in [1.82, 2.24) is 4.90 Å². The minimum Gasteiger partial charge on any atom is -0.481 e. The zero-order chi connectivity index (χ0) is 17.2.